The lowest BCUT2D eigenvalue weighted by atomic mass is 9.98. The van der Waals surface area contributed by atoms with Gasteiger partial charge in [-0.1, -0.05) is 12.1 Å². The third kappa shape index (κ3) is 2.22. The van der Waals surface area contributed by atoms with Crippen LogP contribution in [-0.2, 0) is 19.5 Å². The maximum absolute atomic E-state index is 6.01. The Hall–Kier alpha value is -1.87. The van der Waals surface area contributed by atoms with E-state index in [-0.39, 0.29) is 0 Å². The molecule has 92 valence electrons. The Morgan fingerprint density at radius 2 is 2.00 bits per heavy atom. The number of rotatable bonds is 2. The predicted molar refractivity (Wildman–Crippen MR) is 72.9 cm³/mol. The predicted octanol–water partition coefficient (Wildman–Crippen LogP) is 2.22. The van der Waals surface area contributed by atoms with Gasteiger partial charge in [-0.2, -0.15) is 0 Å². The van der Waals surface area contributed by atoms with Gasteiger partial charge in [-0.3, -0.25) is 9.88 Å². The second-order valence-electron chi connectivity index (χ2n) is 4.80. The molecule has 1 aliphatic rings. The van der Waals surface area contributed by atoms with Crippen molar-refractivity contribution in [2.24, 2.45) is 0 Å². The zero-order chi connectivity index (χ0) is 12.4. The molecule has 0 radical (unpaired) electrons. The molecule has 3 rings (SSSR count). The SMILES string of the molecule is Nc1cccc2c1CCN(Cc1ccncc1)C2. The highest BCUT2D eigenvalue weighted by Crippen LogP contribution is 2.24. The van der Waals surface area contributed by atoms with Crippen molar-refractivity contribution in [2.45, 2.75) is 19.5 Å². The molecule has 1 aliphatic heterocycles. The fourth-order valence-electron chi connectivity index (χ4n) is 2.58. The zero-order valence-electron chi connectivity index (χ0n) is 10.3. The Balaban J connectivity index is 1.76. The van der Waals surface area contributed by atoms with Crippen LogP contribution in [-0.4, -0.2) is 16.4 Å². The van der Waals surface area contributed by atoms with E-state index in [2.05, 4.69) is 28.1 Å². The van der Waals surface area contributed by atoms with Gasteiger partial charge >= 0.3 is 0 Å². The lowest BCUT2D eigenvalue weighted by Gasteiger charge is -2.29. The van der Waals surface area contributed by atoms with Crippen molar-refractivity contribution < 1.29 is 0 Å². The van der Waals surface area contributed by atoms with E-state index in [0.29, 0.717) is 0 Å². The monoisotopic (exact) mass is 239 g/mol. The summed E-state index contributed by atoms with van der Waals surface area (Å²) in [7, 11) is 0. The Kier molecular flexibility index (Phi) is 2.99. The van der Waals surface area contributed by atoms with Gasteiger partial charge in [0.1, 0.15) is 0 Å². The molecular weight excluding hydrogens is 222 g/mol. The molecule has 0 fully saturated rings. The Bertz CT molecular complexity index is 537. The second-order valence-corrected chi connectivity index (χ2v) is 4.80. The molecule has 3 heteroatoms. The third-order valence-electron chi connectivity index (χ3n) is 3.54. The van der Waals surface area contributed by atoms with E-state index in [9.17, 15) is 0 Å². The van der Waals surface area contributed by atoms with Crippen molar-refractivity contribution in [3.05, 3.63) is 59.4 Å². The number of fused-ring (bicyclic) bond motifs is 1. The summed E-state index contributed by atoms with van der Waals surface area (Å²) in [5.74, 6) is 0. The molecule has 0 amide bonds. The summed E-state index contributed by atoms with van der Waals surface area (Å²) in [6, 6.07) is 10.4. The van der Waals surface area contributed by atoms with Crippen LogP contribution >= 0.6 is 0 Å². The van der Waals surface area contributed by atoms with E-state index >= 15 is 0 Å². The molecule has 1 aromatic carbocycles. The highest BCUT2D eigenvalue weighted by atomic mass is 15.1. The molecule has 18 heavy (non-hydrogen) atoms. The summed E-state index contributed by atoms with van der Waals surface area (Å²) < 4.78 is 0. The van der Waals surface area contributed by atoms with Gasteiger partial charge in [0.2, 0.25) is 0 Å². The average molecular weight is 239 g/mol. The van der Waals surface area contributed by atoms with E-state index < -0.39 is 0 Å². The quantitative estimate of drug-likeness (QED) is 0.817. The Morgan fingerprint density at radius 3 is 2.83 bits per heavy atom. The number of nitrogens with zero attached hydrogens (tertiary/aromatic N) is 2. The van der Waals surface area contributed by atoms with E-state index in [1.54, 1.807) is 0 Å². The molecule has 0 atom stereocenters. The van der Waals surface area contributed by atoms with Crippen molar-refractivity contribution in [3.63, 3.8) is 0 Å². The number of pyridine rings is 1. The first-order chi connectivity index (χ1) is 8.83. The van der Waals surface area contributed by atoms with Crippen LogP contribution in [0.25, 0.3) is 0 Å². The van der Waals surface area contributed by atoms with Crippen LogP contribution < -0.4 is 5.73 Å². The summed E-state index contributed by atoms with van der Waals surface area (Å²) in [6.07, 6.45) is 4.75. The molecular formula is C15H17N3. The van der Waals surface area contributed by atoms with Crippen molar-refractivity contribution >= 4 is 5.69 Å². The van der Waals surface area contributed by atoms with Crippen molar-refractivity contribution in [3.8, 4) is 0 Å². The molecule has 2 heterocycles. The summed E-state index contributed by atoms with van der Waals surface area (Å²) in [4.78, 5) is 6.51. The molecule has 0 saturated heterocycles. The summed E-state index contributed by atoms with van der Waals surface area (Å²) >= 11 is 0. The minimum Gasteiger partial charge on any atom is -0.398 e. The van der Waals surface area contributed by atoms with E-state index in [0.717, 1.165) is 31.7 Å². The van der Waals surface area contributed by atoms with Gasteiger partial charge in [-0.05, 0) is 41.3 Å². The lowest BCUT2D eigenvalue weighted by Crippen LogP contribution is -2.30. The fourth-order valence-corrected chi connectivity index (χ4v) is 2.58. The second kappa shape index (κ2) is 4.78. The summed E-state index contributed by atoms with van der Waals surface area (Å²) in [6.45, 7) is 3.04. The Labute approximate surface area is 107 Å². The number of hydrogen-bond acceptors (Lipinski definition) is 3. The zero-order valence-corrected chi connectivity index (χ0v) is 10.3. The topological polar surface area (TPSA) is 42.1 Å². The van der Waals surface area contributed by atoms with Gasteiger partial charge in [0, 0.05) is 37.7 Å². The van der Waals surface area contributed by atoms with Gasteiger partial charge in [0.25, 0.3) is 0 Å². The lowest BCUT2D eigenvalue weighted by molar-refractivity contribution is 0.246. The van der Waals surface area contributed by atoms with Crippen LogP contribution in [0.4, 0.5) is 5.69 Å². The van der Waals surface area contributed by atoms with Gasteiger partial charge in [0.15, 0.2) is 0 Å². The number of hydrogen-bond donors (Lipinski definition) is 1. The molecule has 3 nitrogen and oxygen atoms in total. The van der Waals surface area contributed by atoms with E-state index in [1.165, 1.54) is 16.7 Å². The maximum Gasteiger partial charge on any atom is 0.0350 e. The highest BCUT2D eigenvalue weighted by molar-refractivity contribution is 5.51. The first-order valence-corrected chi connectivity index (χ1v) is 6.30. The van der Waals surface area contributed by atoms with E-state index in [4.69, 9.17) is 5.73 Å². The van der Waals surface area contributed by atoms with Crippen molar-refractivity contribution in [1.29, 1.82) is 0 Å². The highest BCUT2D eigenvalue weighted by Gasteiger charge is 2.17. The molecule has 2 aromatic rings. The standard InChI is InChI=1S/C15H17N3/c16-15-3-1-2-13-11-18(9-6-14(13)15)10-12-4-7-17-8-5-12/h1-5,7-8H,6,9-11,16H2. The number of anilines is 1. The van der Waals surface area contributed by atoms with Crippen LogP contribution in [0, 0.1) is 0 Å². The minimum absolute atomic E-state index is 0.941. The first kappa shape index (κ1) is 11.2. The molecule has 1 aromatic heterocycles. The van der Waals surface area contributed by atoms with Crippen LogP contribution in [0.1, 0.15) is 16.7 Å². The van der Waals surface area contributed by atoms with E-state index in [1.807, 2.05) is 24.5 Å². The van der Waals surface area contributed by atoms with Gasteiger partial charge in [-0.15, -0.1) is 0 Å². The van der Waals surface area contributed by atoms with Crippen LogP contribution in [0.2, 0.25) is 0 Å². The van der Waals surface area contributed by atoms with Crippen LogP contribution in [0.3, 0.4) is 0 Å². The summed E-state index contributed by atoms with van der Waals surface area (Å²) in [5, 5.41) is 0. The molecule has 2 N–H and O–H groups in total. The molecule has 0 spiro atoms. The van der Waals surface area contributed by atoms with Gasteiger partial charge < -0.3 is 5.73 Å². The summed E-state index contributed by atoms with van der Waals surface area (Å²) in [5.41, 5.74) is 11.0. The molecule has 0 aliphatic carbocycles. The van der Waals surface area contributed by atoms with Gasteiger partial charge in [-0.25, -0.2) is 0 Å². The molecule has 0 saturated carbocycles. The van der Waals surface area contributed by atoms with Crippen molar-refractivity contribution in [1.82, 2.24) is 9.88 Å². The van der Waals surface area contributed by atoms with Crippen molar-refractivity contribution in [2.75, 3.05) is 12.3 Å². The number of nitrogen functional groups attached to an aromatic ring is 1. The Morgan fingerprint density at radius 1 is 1.17 bits per heavy atom. The smallest absolute Gasteiger partial charge is 0.0350 e. The molecule has 0 unspecified atom stereocenters. The van der Waals surface area contributed by atoms with Crippen LogP contribution in [0.5, 0.6) is 0 Å². The fraction of sp³-hybridized carbons (Fsp3) is 0.267. The largest absolute Gasteiger partial charge is 0.398 e. The minimum atomic E-state index is 0.941. The van der Waals surface area contributed by atoms with Crippen LogP contribution in [0.15, 0.2) is 42.7 Å². The van der Waals surface area contributed by atoms with Gasteiger partial charge in [0.05, 0.1) is 0 Å². The number of aromatic nitrogens is 1. The normalized spacial score (nSPS) is 15.3. The number of nitrogens with two attached hydrogens (primary N) is 1. The number of benzene rings is 1. The molecule has 0 bridgehead atoms. The first-order valence-electron chi connectivity index (χ1n) is 6.30. The average Bonchev–Trinajstić information content (AvgIpc) is 2.40. The maximum atomic E-state index is 6.01. The third-order valence-corrected chi connectivity index (χ3v) is 3.54.